The number of aliphatic hydroxyl groups is 1. The fourth-order valence-electron chi connectivity index (χ4n) is 5.30. The number of hydrogen-bond acceptors (Lipinski definition) is 13. The summed E-state index contributed by atoms with van der Waals surface area (Å²) in [5.74, 6) is -7.59. The van der Waals surface area contributed by atoms with Crippen molar-refractivity contribution in [2.75, 3.05) is 25.1 Å². The van der Waals surface area contributed by atoms with Gasteiger partial charge in [0.05, 0.1) is 18.7 Å². The first-order valence-corrected chi connectivity index (χ1v) is 20.7. The Morgan fingerprint density at radius 3 is 1.84 bits per heavy atom. The highest BCUT2D eigenvalue weighted by Crippen LogP contribution is 2.06. The summed E-state index contributed by atoms with van der Waals surface area (Å²) in [6.07, 6.45) is 0.133. The van der Waals surface area contributed by atoms with E-state index in [9.17, 15) is 48.3 Å². The van der Waals surface area contributed by atoms with Crippen LogP contribution in [0.5, 0.6) is 0 Å². The number of nitrogens with zero attached hydrogens (tertiary/aromatic N) is 1. The summed E-state index contributed by atoms with van der Waals surface area (Å²) in [4.78, 5) is 118. The maximum absolute atomic E-state index is 13.3. The SMILES string of the molecule is CSCC[C@H](NC(=O)[C@@H](N)CCC(=O)O)C(=O)N[C@@H](C)C(=O)N[C@H](C(=O)N[C@@H](C)C(=O)N[C@@H](CCCN=C(N)N)C(=O)NCC(=O)N[C@@H](Cc1ccccc1)C(N)=O)[C@@H](C)O. The zero-order valence-corrected chi connectivity index (χ0v) is 35.4. The summed E-state index contributed by atoms with van der Waals surface area (Å²) in [6.45, 7) is 3.25. The maximum Gasteiger partial charge on any atom is 0.303 e. The van der Waals surface area contributed by atoms with Crippen LogP contribution in [0.1, 0.15) is 58.4 Å². The van der Waals surface area contributed by atoms with Gasteiger partial charge in [0.2, 0.25) is 47.3 Å². The molecule has 0 heterocycles. The molecule has 0 aliphatic heterocycles. The van der Waals surface area contributed by atoms with Gasteiger partial charge < -0.3 is 70.4 Å². The van der Waals surface area contributed by atoms with E-state index in [-0.39, 0.29) is 51.0 Å². The van der Waals surface area contributed by atoms with Crippen molar-refractivity contribution in [3.8, 4) is 0 Å². The van der Waals surface area contributed by atoms with E-state index in [0.717, 1.165) is 5.56 Å². The molecule has 8 amide bonds. The molecule has 0 spiro atoms. The molecule has 0 aliphatic carbocycles. The van der Waals surface area contributed by atoms with Crippen LogP contribution in [0.4, 0.5) is 0 Å². The van der Waals surface area contributed by atoms with E-state index in [1.54, 1.807) is 36.6 Å². The number of carbonyl (C=O) groups is 9. The van der Waals surface area contributed by atoms with Crippen molar-refractivity contribution in [3.05, 3.63) is 35.9 Å². The quantitative estimate of drug-likeness (QED) is 0.0213. The first kappa shape index (κ1) is 53.0. The van der Waals surface area contributed by atoms with Crippen LogP contribution in [0, 0.1) is 0 Å². The van der Waals surface area contributed by atoms with E-state index in [1.165, 1.54) is 32.5 Å². The largest absolute Gasteiger partial charge is 0.481 e. The Morgan fingerprint density at radius 2 is 1.28 bits per heavy atom. The van der Waals surface area contributed by atoms with Gasteiger partial charge in [0.1, 0.15) is 36.3 Å². The molecule has 24 heteroatoms. The van der Waals surface area contributed by atoms with E-state index >= 15 is 0 Å². The van der Waals surface area contributed by atoms with E-state index in [4.69, 9.17) is 28.0 Å². The summed E-state index contributed by atoms with van der Waals surface area (Å²) in [6, 6.07) is -0.205. The van der Waals surface area contributed by atoms with Crippen LogP contribution in [-0.4, -0.2) is 143 Å². The lowest BCUT2D eigenvalue weighted by atomic mass is 10.1. The van der Waals surface area contributed by atoms with Gasteiger partial charge in [-0.1, -0.05) is 30.3 Å². The number of thioether (sulfide) groups is 1. The number of aliphatic hydroxyl groups excluding tert-OH is 1. The number of amides is 8. The normalized spacial score (nSPS) is 14.7. The molecule has 0 saturated heterocycles. The Kier molecular flexibility index (Phi) is 24.1. The average molecular weight is 881 g/mol. The lowest BCUT2D eigenvalue weighted by Gasteiger charge is -2.26. The van der Waals surface area contributed by atoms with Crippen molar-refractivity contribution in [1.82, 2.24) is 37.2 Å². The maximum atomic E-state index is 13.3. The molecule has 0 aromatic heterocycles. The fraction of sp³-hybridized carbons (Fsp3) is 0.568. The molecule has 0 radical (unpaired) electrons. The monoisotopic (exact) mass is 880 g/mol. The van der Waals surface area contributed by atoms with E-state index in [1.807, 2.05) is 0 Å². The van der Waals surface area contributed by atoms with E-state index in [2.05, 4.69) is 42.2 Å². The lowest BCUT2D eigenvalue weighted by molar-refractivity contribution is -0.137. The molecule has 8 atom stereocenters. The van der Waals surface area contributed by atoms with Gasteiger partial charge >= 0.3 is 5.97 Å². The van der Waals surface area contributed by atoms with Gasteiger partial charge in [-0.2, -0.15) is 11.8 Å². The Labute approximate surface area is 357 Å². The number of nitrogens with two attached hydrogens (primary N) is 4. The molecule has 1 aromatic rings. The highest BCUT2D eigenvalue weighted by molar-refractivity contribution is 7.98. The Bertz CT molecular complexity index is 1700. The van der Waals surface area contributed by atoms with Crippen molar-refractivity contribution >= 4 is 70.9 Å². The molecule has 0 saturated carbocycles. The molecule has 61 heavy (non-hydrogen) atoms. The standard InChI is InChI=1S/C37H60N12O11S/c1-19(31(55)47-24(11-8-15-42-37(40)41)34(58)43-18-27(51)46-26(30(39)54)17-22-9-6-5-7-10-22)45-36(60)29(21(3)50)49-32(56)20(2)44-35(59)25(14-16-61-4)48-33(57)23(38)12-13-28(52)53/h5-7,9-10,19-21,23-26,29,50H,8,11-18,38H2,1-4H3,(H2,39,54)(H,43,58)(H,44,59)(H,45,60)(H,46,51)(H,47,55)(H,48,57)(H,49,56)(H,52,53)(H4,40,41,42)/t19-,20-,21+,23-,24-,25-,26-,29-/m0/s1. The number of hydrogen-bond donors (Lipinski definition) is 13. The molecular weight excluding hydrogens is 821 g/mol. The number of primary amides is 1. The van der Waals surface area contributed by atoms with Crippen LogP contribution in [-0.2, 0) is 49.6 Å². The van der Waals surface area contributed by atoms with E-state index in [0.29, 0.717) is 5.75 Å². The van der Waals surface area contributed by atoms with Gasteiger partial charge in [0, 0.05) is 19.4 Å². The van der Waals surface area contributed by atoms with E-state index < -0.39 is 108 Å². The number of nitrogens with one attached hydrogen (secondary N) is 7. The number of carbonyl (C=O) groups excluding carboxylic acids is 8. The molecular formula is C37H60N12O11S. The first-order valence-electron chi connectivity index (χ1n) is 19.3. The predicted octanol–water partition coefficient (Wildman–Crippen LogP) is -4.84. The smallest absolute Gasteiger partial charge is 0.303 e. The second-order valence-corrected chi connectivity index (χ2v) is 15.0. The third-order valence-corrected chi connectivity index (χ3v) is 9.42. The predicted molar refractivity (Wildman–Crippen MR) is 225 cm³/mol. The van der Waals surface area contributed by atoms with Gasteiger partial charge in [0.15, 0.2) is 5.96 Å². The third-order valence-electron chi connectivity index (χ3n) is 8.78. The summed E-state index contributed by atoms with van der Waals surface area (Å²) in [5.41, 5.74) is 22.7. The minimum atomic E-state index is -1.63. The van der Waals surface area contributed by atoms with Crippen molar-refractivity contribution < 1.29 is 53.4 Å². The molecule has 1 aromatic carbocycles. The fourth-order valence-corrected chi connectivity index (χ4v) is 5.77. The van der Waals surface area contributed by atoms with Gasteiger partial charge in [-0.3, -0.25) is 48.1 Å². The van der Waals surface area contributed by atoms with Gasteiger partial charge in [-0.05, 0) is 64.0 Å². The van der Waals surface area contributed by atoms with Crippen LogP contribution in [0.15, 0.2) is 35.3 Å². The number of aliphatic carboxylic acids is 1. The van der Waals surface area contributed by atoms with Gasteiger partial charge in [-0.15, -0.1) is 0 Å². The zero-order valence-electron chi connectivity index (χ0n) is 34.6. The number of rotatable bonds is 28. The summed E-state index contributed by atoms with van der Waals surface area (Å²) >= 11 is 1.38. The minimum absolute atomic E-state index is 0.0239. The van der Waals surface area contributed by atoms with Crippen LogP contribution in [0.2, 0.25) is 0 Å². The Hall–Kier alpha value is -6.01. The van der Waals surface area contributed by atoms with Crippen LogP contribution in [0.3, 0.4) is 0 Å². The summed E-state index contributed by atoms with van der Waals surface area (Å²) in [7, 11) is 0. The lowest BCUT2D eigenvalue weighted by Crippen LogP contribution is -2.60. The third kappa shape index (κ3) is 21.2. The second-order valence-electron chi connectivity index (χ2n) is 14.0. The highest BCUT2D eigenvalue weighted by atomic mass is 32.2. The van der Waals surface area contributed by atoms with Gasteiger partial charge in [0.25, 0.3) is 0 Å². The molecule has 0 unspecified atom stereocenters. The molecule has 0 aliphatic rings. The van der Waals surface area contributed by atoms with Crippen molar-refractivity contribution in [2.24, 2.45) is 27.9 Å². The van der Waals surface area contributed by atoms with Crippen molar-refractivity contribution in [1.29, 1.82) is 0 Å². The van der Waals surface area contributed by atoms with Gasteiger partial charge in [-0.25, -0.2) is 0 Å². The molecule has 0 fully saturated rings. The van der Waals surface area contributed by atoms with Crippen LogP contribution >= 0.6 is 11.8 Å². The molecule has 1 rings (SSSR count). The molecule has 340 valence electrons. The Balaban J connectivity index is 2.95. The highest BCUT2D eigenvalue weighted by Gasteiger charge is 2.32. The van der Waals surface area contributed by atoms with Crippen molar-refractivity contribution in [2.45, 2.75) is 108 Å². The Morgan fingerprint density at radius 1 is 0.705 bits per heavy atom. The number of aliphatic imine (C=N–C) groups is 1. The average Bonchev–Trinajstić information content (AvgIpc) is 3.19. The topological polar surface area (TPSA) is 395 Å². The number of carboxylic acids is 1. The molecule has 23 nitrogen and oxygen atoms in total. The molecule has 17 N–H and O–H groups in total. The van der Waals surface area contributed by atoms with Crippen molar-refractivity contribution in [3.63, 3.8) is 0 Å². The number of guanidine groups is 1. The summed E-state index contributed by atoms with van der Waals surface area (Å²) < 4.78 is 0. The first-order chi connectivity index (χ1) is 28.7. The zero-order chi connectivity index (χ0) is 46.2. The number of benzene rings is 1. The molecule has 0 bridgehead atoms. The summed E-state index contributed by atoms with van der Waals surface area (Å²) in [5, 5.41) is 36.2. The van der Waals surface area contributed by atoms with Crippen LogP contribution < -0.4 is 60.2 Å². The minimum Gasteiger partial charge on any atom is -0.481 e. The number of carboxylic acid groups (broad SMARTS) is 1. The second kappa shape index (κ2) is 27.7. The van der Waals surface area contributed by atoms with Crippen LogP contribution in [0.25, 0.3) is 0 Å².